The van der Waals surface area contributed by atoms with Gasteiger partial charge in [0.25, 0.3) is 5.91 Å². The summed E-state index contributed by atoms with van der Waals surface area (Å²) in [6.07, 6.45) is 1.21. The Morgan fingerprint density at radius 2 is 1.84 bits per heavy atom. The van der Waals surface area contributed by atoms with Crippen molar-refractivity contribution in [3.63, 3.8) is 0 Å². The number of nitrogens with one attached hydrogen (secondary N) is 1. The Morgan fingerprint density at radius 3 is 2.58 bits per heavy atom. The molecule has 1 saturated heterocycles. The van der Waals surface area contributed by atoms with Crippen LogP contribution < -0.4 is 10.1 Å². The SMILES string of the molecule is CNC(=O)C1(Cc2ccccc2-c2cccs2)CCN(C(=O)COc2ccccc2)C1. The van der Waals surface area contributed by atoms with Gasteiger partial charge < -0.3 is 15.0 Å². The highest BCUT2D eigenvalue weighted by Crippen LogP contribution is 2.38. The summed E-state index contributed by atoms with van der Waals surface area (Å²) in [7, 11) is 1.66. The number of rotatable bonds is 7. The molecule has 2 heterocycles. The first kappa shape index (κ1) is 21.1. The van der Waals surface area contributed by atoms with Gasteiger partial charge in [0.1, 0.15) is 5.75 Å². The summed E-state index contributed by atoms with van der Waals surface area (Å²) >= 11 is 1.69. The third-order valence-electron chi connectivity index (χ3n) is 5.85. The molecule has 0 aliphatic carbocycles. The molecular formula is C25H26N2O3S. The largest absolute Gasteiger partial charge is 0.484 e. The molecule has 1 aliphatic heterocycles. The normalized spacial score (nSPS) is 18.0. The summed E-state index contributed by atoms with van der Waals surface area (Å²) in [6, 6.07) is 21.7. The molecule has 0 bridgehead atoms. The first-order valence-electron chi connectivity index (χ1n) is 10.4. The second kappa shape index (κ2) is 9.35. The van der Waals surface area contributed by atoms with Crippen molar-refractivity contribution in [3.05, 3.63) is 77.7 Å². The van der Waals surface area contributed by atoms with Crippen molar-refractivity contribution in [2.24, 2.45) is 5.41 Å². The van der Waals surface area contributed by atoms with Crippen LogP contribution in [0, 0.1) is 5.41 Å². The highest BCUT2D eigenvalue weighted by molar-refractivity contribution is 7.13. The van der Waals surface area contributed by atoms with E-state index in [1.165, 1.54) is 4.88 Å². The molecule has 1 N–H and O–H groups in total. The number of nitrogens with zero attached hydrogens (tertiary/aromatic N) is 1. The van der Waals surface area contributed by atoms with E-state index in [1.807, 2.05) is 48.5 Å². The van der Waals surface area contributed by atoms with Gasteiger partial charge in [-0.2, -0.15) is 0 Å². The molecule has 1 unspecified atom stereocenters. The Kier molecular flexibility index (Phi) is 6.37. The van der Waals surface area contributed by atoms with Gasteiger partial charge in [-0.3, -0.25) is 9.59 Å². The Labute approximate surface area is 186 Å². The highest BCUT2D eigenvalue weighted by Gasteiger charge is 2.45. The van der Waals surface area contributed by atoms with Crippen LogP contribution in [0.2, 0.25) is 0 Å². The van der Waals surface area contributed by atoms with Crippen molar-refractivity contribution in [2.45, 2.75) is 12.8 Å². The molecular weight excluding hydrogens is 408 g/mol. The molecule has 1 atom stereocenters. The average molecular weight is 435 g/mol. The van der Waals surface area contributed by atoms with Crippen LogP contribution >= 0.6 is 11.3 Å². The summed E-state index contributed by atoms with van der Waals surface area (Å²) in [5, 5.41) is 4.89. The molecule has 6 heteroatoms. The minimum atomic E-state index is -0.648. The second-order valence-corrected chi connectivity index (χ2v) is 8.79. The van der Waals surface area contributed by atoms with Crippen LogP contribution in [0.4, 0.5) is 0 Å². The van der Waals surface area contributed by atoms with Gasteiger partial charge >= 0.3 is 0 Å². The molecule has 1 aromatic heterocycles. The van der Waals surface area contributed by atoms with E-state index >= 15 is 0 Å². The molecule has 0 radical (unpaired) electrons. The number of benzene rings is 2. The summed E-state index contributed by atoms with van der Waals surface area (Å²) in [4.78, 5) is 28.7. The number of hydrogen-bond acceptors (Lipinski definition) is 4. The minimum absolute atomic E-state index is 0.0206. The lowest BCUT2D eigenvalue weighted by Gasteiger charge is -2.28. The van der Waals surface area contributed by atoms with Gasteiger partial charge in [0, 0.05) is 25.0 Å². The molecule has 31 heavy (non-hydrogen) atoms. The van der Waals surface area contributed by atoms with Crippen molar-refractivity contribution in [3.8, 4) is 16.2 Å². The van der Waals surface area contributed by atoms with E-state index in [0.717, 1.165) is 11.1 Å². The molecule has 0 saturated carbocycles. The van der Waals surface area contributed by atoms with Gasteiger partial charge in [-0.25, -0.2) is 0 Å². The Bertz CT molecular complexity index is 1040. The van der Waals surface area contributed by atoms with Crippen LogP contribution in [0.3, 0.4) is 0 Å². The van der Waals surface area contributed by atoms with Crippen molar-refractivity contribution in [1.29, 1.82) is 0 Å². The van der Waals surface area contributed by atoms with Gasteiger partial charge in [-0.15, -0.1) is 11.3 Å². The smallest absolute Gasteiger partial charge is 0.260 e. The van der Waals surface area contributed by atoms with Crippen LogP contribution in [-0.4, -0.2) is 43.5 Å². The standard InChI is InChI=1S/C25H26N2O3S/c1-26-24(29)25(16-19-8-5-6-11-21(19)22-12-7-15-31-22)13-14-27(18-25)23(28)17-30-20-9-3-2-4-10-20/h2-12,15H,13-14,16-18H2,1H3,(H,26,29). The lowest BCUT2D eigenvalue weighted by molar-refractivity contribution is -0.134. The number of amides is 2. The summed E-state index contributed by atoms with van der Waals surface area (Å²) in [6.45, 7) is 0.910. The lowest BCUT2D eigenvalue weighted by Crippen LogP contribution is -2.44. The fraction of sp³-hybridized carbons (Fsp3) is 0.280. The van der Waals surface area contributed by atoms with Crippen LogP contribution in [0.1, 0.15) is 12.0 Å². The molecule has 4 rings (SSSR count). The number of carbonyl (C=O) groups is 2. The maximum Gasteiger partial charge on any atom is 0.260 e. The molecule has 0 spiro atoms. The van der Waals surface area contributed by atoms with Crippen LogP contribution in [0.5, 0.6) is 5.75 Å². The summed E-state index contributed by atoms with van der Waals surface area (Å²) in [5.74, 6) is 0.548. The van der Waals surface area contributed by atoms with Crippen LogP contribution in [-0.2, 0) is 16.0 Å². The summed E-state index contributed by atoms with van der Waals surface area (Å²) in [5.41, 5.74) is 1.63. The van der Waals surface area contributed by atoms with E-state index in [0.29, 0.717) is 31.7 Å². The van der Waals surface area contributed by atoms with Crippen molar-refractivity contribution in [1.82, 2.24) is 10.2 Å². The molecule has 1 fully saturated rings. The Balaban J connectivity index is 1.51. The van der Waals surface area contributed by atoms with E-state index in [1.54, 1.807) is 23.3 Å². The van der Waals surface area contributed by atoms with Gasteiger partial charge in [-0.1, -0.05) is 48.5 Å². The van der Waals surface area contributed by atoms with E-state index < -0.39 is 5.41 Å². The summed E-state index contributed by atoms with van der Waals surface area (Å²) < 4.78 is 5.63. The number of carbonyl (C=O) groups excluding carboxylic acids is 2. The van der Waals surface area contributed by atoms with Gasteiger partial charge in [0.2, 0.25) is 5.91 Å². The van der Waals surface area contributed by atoms with Crippen molar-refractivity contribution >= 4 is 23.2 Å². The maximum absolute atomic E-state index is 13.0. The first-order chi connectivity index (χ1) is 15.1. The topological polar surface area (TPSA) is 58.6 Å². The van der Waals surface area contributed by atoms with Crippen LogP contribution in [0.25, 0.3) is 10.4 Å². The monoisotopic (exact) mass is 434 g/mol. The van der Waals surface area contributed by atoms with Crippen molar-refractivity contribution in [2.75, 3.05) is 26.7 Å². The highest BCUT2D eigenvalue weighted by atomic mass is 32.1. The number of thiophene rings is 1. The molecule has 3 aromatic rings. The van der Waals surface area contributed by atoms with Gasteiger partial charge in [-0.05, 0) is 47.5 Å². The first-order valence-corrected chi connectivity index (χ1v) is 11.3. The zero-order chi connectivity index (χ0) is 21.7. The zero-order valence-corrected chi connectivity index (χ0v) is 18.4. The fourth-order valence-electron chi connectivity index (χ4n) is 4.22. The molecule has 2 amide bonds. The predicted octanol–water partition coefficient (Wildman–Crippen LogP) is 4.00. The molecule has 160 valence electrons. The number of likely N-dealkylation sites (tertiary alicyclic amines) is 1. The van der Waals surface area contributed by atoms with E-state index in [-0.39, 0.29) is 18.4 Å². The quantitative estimate of drug-likeness (QED) is 0.612. The van der Waals surface area contributed by atoms with Gasteiger partial charge in [0.15, 0.2) is 6.61 Å². The number of para-hydroxylation sites is 1. The van der Waals surface area contributed by atoms with E-state index in [9.17, 15) is 9.59 Å². The van der Waals surface area contributed by atoms with Gasteiger partial charge in [0.05, 0.1) is 5.41 Å². The number of ether oxygens (including phenoxy) is 1. The molecule has 1 aliphatic rings. The Hall–Kier alpha value is -3.12. The van der Waals surface area contributed by atoms with Crippen LogP contribution in [0.15, 0.2) is 72.1 Å². The molecule has 2 aromatic carbocycles. The van der Waals surface area contributed by atoms with E-state index in [2.05, 4.69) is 28.9 Å². The minimum Gasteiger partial charge on any atom is -0.484 e. The second-order valence-electron chi connectivity index (χ2n) is 7.84. The van der Waals surface area contributed by atoms with Crippen molar-refractivity contribution < 1.29 is 14.3 Å². The Morgan fingerprint density at radius 1 is 1.06 bits per heavy atom. The maximum atomic E-state index is 13.0. The zero-order valence-electron chi connectivity index (χ0n) is 17.5. The predicted molar refractivity (Wildman–Crippen MR) is 123 cm³/mol. The lowest BCUT2D eigenvalue weighted by atomic mass is 9.78. The third-order valence-corrected chi connectivity index (χ3v) is 6.76. The number of hydrogen-bond donors (Lipinski definition) is 1. The van der Waals surface area contributed by atoms with E-state index in [4.69, 9.17) is 4.74 Å². The fourth-order valence-corrected chi connectivity index (χ4v) is 5.01. The average Bonchev–Trinajstić information content (AvgIpc) is 3.49. The molecule has 5 nitrogen and oxygen atoms in total. The third kappa shape index (κ3) is 4.64.